The van der Waals surface area contributed by atoms with Gasteiger partial charge in [0.1, 0.15) is 11.5 Å². The minimum Gasteiger partial charge on any atom is -0.507 e. The fraction of sp³-hybridized carbons (Fsp3) is 0.222. The third kappa shape index (κ3) is 2.05. The maximum atomic E-state index is 11.3. The average molecular weight is 260 g/mol. The number of hydrogen-bond donors (Lipinski definition) is 2. The van der Waals surface area contributed by atoms with Crippen molar-refractivity contribution in [1.29, 1.82) is 0 Å². The van der Waals surface area contributed by atoms with Crippen LogP contribution in [0.1, 0.15) is 10.4 Å². The smallest absolute Gasteiger partial charge is 0.180 e. The summed E-state index contributed by atoms with van der Waals surface area (Å²) in [4.78, 5) is 11.3. The van der Waals surface area contributed by atoms with Crippen LogP contribution in [0, 0.1) is 0 Å². The van der Waals surface area contributed by atoms with Gasteiger partial charge in [-0.3, -0.25) is 4.79 Å². The molecule has 0 aliphatic rings. The van der Waals surface area contributed by atoms with Gasteiger partial charge in [-0.05, 0) is 28.1 Å². The number of phenolic OH excluding ortho intramolecular Hbond substituents is 1. The van der Waals surface area contributed by atoms with Crippen LogP contribution in [0.2, 0.25) is 0 Å². The van der Waals surface area contributed by atoms with E-state index in [9.17, 15) is 9.90 Å². The van der Waals surface area contributed by atoms with Gasteiger partial charge in [0.25, 0.3) is 0 Å². The lowest BCUT2D eigenvalue weighted by atomic mass is 10.1. The highest BCUT2D eigenvalue weighted by molar-refractivity contribution is 9.10. The summed E-state index contributed by atoms with van der Waals surface area (Å²) < 4.78 is 5.57. The maximum Gasteiger partial charge on any atom is 0.180 e. The highest BCUT2D eigenvalue weighted by atomic mass is 79.9. The molecule has 1 aromatic carbocycles. The second-order valence-corrected chi connectivity index (χ2v) is 3.49. The number of halogens is 1. The van der Waals surface area contributed by atoms with Crippen LogP contribution in [-0.4, -0.2) is 24.5 Å². The molecule has 0 aromatic heterocycles. The van der Waals surface area contributed by atoms with Crippen molar-refractivity contribution in [2.75, 3.05) is 13.7 Å². The summed E-state index contributed by atoms with van der Waals surface area (Å²) >= 11 is 3.18. The summed E-state index contributed by atoms with van der Waals surface area (Å²) in [7, 11) is 1.48. The van der Waals surface area contributed by atoms with E-state index in [1.807, 2.05) is 0 Å². The van der Waals surface area contributed by atoms with E-state index in [0.717, 1.165) is 0 Å². The molecule has 0 fully saturated rings. The van der Waals surface area contributed by atoms with Gasteiger partial charge in [-0.1, -0.05) is 0 Å². The highest BCUT2D eigenvalue weighted by Crippen LogP contribution is 2.32. The van der Waals surface area contributed by atoms with Gasteiger partial charge >= 0.3 is 0 Å². The van der Waals surface area contributed by atoms with Gasteiger partial charge in [0.05, 0.1) is 23.7 Å². The minimum atomic E-state index is -0.326. The molecule has 0 heterocycles. The summed E-state index contributed by atoms with van der Waals surface area (Å²) in [5.41, 5.74) is 5.36. The first-order valence-electron chi connectivity index (χ1n) is 3.90. The van der Waals surface area contributed by atoms with E-state index in [1.165, 1.54) is 19.2 Å². The fourth-order valence-corrected chi connectivity index (χ4v) is 1.53. The first-order chi connectivity index (χ1) is 6.60. The first-order valence-corrected chi connectivity index (χ1v) is 4.69. The van der Waals surface area contributed by atoms with Crippen LogP contribution >= 0.6 is 15.9 Å². The monoisotopic (exact) mass is 259 g/mol. The number of hydrogen-bond acceptors (Lipinski definition) is 4. The number of phenols is 1. The number of methoxy groups -OCH3 is 1. The van der Waals surface area contributed by atoms with Crippen molar-refractivity contribution < 1.29 is 14.6 Å². The van der Waals surface area contributed by atoms with Gasteiger partial charge < -0.3 is 15.6 Å². The Balaban J connectivity index is 3.24. The second-order valence-electron chi connectivity index (χ2n) is 2.63. The number of carbonyl (C=O) groups is 1. The van der Waals surface area contributed by atoms with Gasteiger partial charge in [-0.2, -0.15) is 0 Å². The predicted molar refractivity (Wildman–Crippen MR) is 55.7 cm³/mol. The molecule has 0 unspecified atom stereocenters. The quantitative estimate of drug-likeness (QED) is 0.803. The van der Waals surface area contributed by atoms with Crippen LogP contribution in [0.25, 0.3) is 0 Å². The number of benzene rings is 1. The number of aromatic hydroxyl groups is 1. The van der Waals surface area contributed by atoms with Crippen molar-refractivity contribution in [3.63, 3.8) is 0 Å². The van der Waals surface area contributed by atoms with E-state index in [2.05, 4.69) is 15.9 Å². The molecular formula is C9H10BrNO3. The molecule has 0 bridgehead atoms. The Morgan fingerprint density at radius 1 is 1.64 bits per heavy atom. The molecule has 1 rings (SSSR count). The van der Waals surface area contributed by atoms with Crippen molar-refractivity contribution in [3.8, 4) is 11.5 Å². The number of Topliss-reactive ketones (excluding diaryl/α,β-unsaturated/α-hetero) is 1. The fourth-order valence-electron chi connectivity index (χ4n) is 1.03. The Bertz CT molecular complexity index is 365. The molecule has 0 radical (unpaired) electrons. The van der Waals surface area contributed by atoms with Crippen molar-refractivity contribution in [3.05, 3.63) is 22.2 Å². The summed E-state index contributed by atoms with van der Waals surface area (Å²) in [6.45, 7) is -0.141. The zero-order valence-corrected chi connectivity index (χ0v) is 9.17. The van der Waals surface area contributed by atoms with Crippen LogP contribution in [0.3, 0.4) is 0 Å². The lowest BCUT2D eigenvalue weighted by Crippen LogP contribution is -2.13. The van der Waals surface area contributed by atoms with Gasteiger partial charge in [-0.15, -0.1) is 0 Å². The van der Waals surface area contributed by atoms with Crippen molar-refractivity contribution in [2.24, 2.45) is 5.73 Å². The lowest BCUT2D eigenvalue weighted by Gasteiger charge is -2.07. The zero-order valence-electron chi connectivity index (χ0n) is 7.58. The molecule has 0 spiro atoms. The summed E-state index contributed by atoms with van der Waals surface area (Å²) in [6.07, 6.45) is 0. The SMILES string of the molecule is COc1cc(C(=O)CN)c(O)cc1Br. The van der Waals surface area contributed by atoms with Gasteiger partial charge in [0.15, 0.2) is 5.78 Å². The normalized spacial score (nSPS) is 9.93. The Hall–Kier alpha value is -1.07. The highest BCUT2D eigenvalue weighted by Gasteiger charge is 2.13. The molecule has 3 N–H and O–H groups in total. The van der Waals surface area contributed by atoms with Gasteiger partial charge in [-0.25, -0.2) is 0 Å². The molecule has 0 saturated heterocycles. The molecule has 0 aliphatic heterocycles. The number of rotatable bonds is 3. The molecule has 4 nitrogen and oxygen atoms in total. The first kappa shape index (κ1) is 11.0. The number of carbonyl (C=O) groups excluding carboxylic acids is 1. The summed E-state index contributed by atoms with van der Waals surface area (Å²) in [5.74, 6) is 0.0565. The van der Waals surface area contributed by atoms with Gasteiger partial charge in [0.2, 0.25) is 0 Å². The van der Waals surface area contributed by atoms with E-state index < -0.39 is 0 Å². The Labute approximate surface area is 89.8 Å². The second kappa shape index (κ2) is 4.43. The minimum absolute atomic E-state index is 0.104. The topological polar surface area (TPSA) is 72.5 Å². The summed E-state index contributed by atoms with van der Waals surface area (Å²) in [6, 6.07) is 2.86. The molecule has 76 valence electrons. The molecule has 0 atom stereocenters. The van der Waals surface area contributed by atoms with Crippen molar-refractivity contribution in [1.82, 2.24) is 0 Å². The molecule has 14 heavy (non-hydrogen) atoms. The van der Waals surface area contributed by atoms with E-state index in [0.29, 0.717) is 10.2 Å². The number of nitrogens with two attached hydrogens (primary N) is 1. The third-order valence-corrected chi connectivity index (χ3v) is 2.38. The average Bonchev–Trinajstić information content (AvgIpc) is 2.17. The molecule has 0 amide bonds. The predicted octanol–water partition coefficient (Wildman–Crippen LogP) is 1.30. The van der Waals surface area contributed by atoms with Crippen LogP contribution in [-0.2, 0) is 0 Å². The van der Waals surface area contributed by atoms with E-state index in [1.54, 1.807) is 0 Å². The number of ether oxygens (including phenoxy) is 1. The largest absolute Gasteiger partial charge is 0.507 e. The van der Waals surface area contributed by atoms with Crippen LogP contribution in [0.5, 0.6) is 11.5 Å². The van der Waals surface area contributed by atoms with E-state index >= 15 is 0 Å². The van der Waals surface area contributed by atoms with Crippen LogP contribution < -0.4 is 10.5 Å². The Morgan fingerprint density at radius 2 is 2.29 bits per heavy atom. The molecular weight excluding hydrogens is 250 g/mol. The molecule has 0 aliphatic carbocycles. The van der Waals surface area contributed by atoms with Crippen molar-refractivity contribution in [2.45, 2.75) is 0 Å². The standard InChI is InChI=1S/C9H10BrNO3/c1-14-9-2-5(8(13)4-11)7(12)3-6(9)10/h2-3,12H,4,11H2,1H3. The van der Waals surface area contributed by atoms with Crippen molar-refractivity contribution >= 4 is 21.7 Å². The van der Waals surface area contributed by atoms with Crippen LogP contribution in [0.15, 0.2) is 16.6 Å². The Kier molecular flexibility index (Phi) is 3.49. The van der Waals surface area contributed by atoms with E-state index in [4.69, 9.17) is 10.5 Å². The maximum absolute atomic E-state index is 11.3. The molecule has 0 saturated carbocycles. The molecule has 1 aromatic rings. The summed E-state index contributed by atoms with van der Waals surface area (Å²) in [5, 5.41) is 9.45. The Morgan fingerprint density at radius 3 is 2.79 bits per heavy atom. The third-order valence-electron chi connectivity index (χ3n) is 1.76. The van der Waals surface area contributed by atoms with Gasteiger partial charge in [0, 0.05) is 0 Å². The lowest BCUT2D eigenvalue weighted by molar-refractivity contribution is 0.0998. The van der Waals surface area contributed by atoms with E-state index in [-0.39, 0.29) is 23.6 Å². The molecule has 5 heteroatoms. The van der Waals surface area contributed by atoms with Crippen LogP contribution in [0.4, 0.5) is 0 Å². The zero-order chi connectivity index (χ0) is 10.7. The number of ketones is 1.